The molecule has 192 valence electrons. The maximum Gasteiger partial charge on any atom is 0.314 e. The molecule has 12 heteroatoms. The lowest BCUT2D eigenvalue weighted by molar-refractivity contribution is 0.116. The lowest BCUT2D eigenvalue weighted by Gasteiger charge is -2.42. The molecule has 1 aromatic carbocycles. The van der Waals surface area contributed by atoms with Gasteiger partial charge in [0.1, 0.15) is 0 Å². The maximum atomic E-state index is 13.9. The molecule has 0 saturated carbocycles. The highest BCUT2D eigenvalue weighted by Gasteiger charge is 2.37. The number of sulfonamides is 1. The Morgan fingerprint density at radius 1 is 1.17 bits per heavy atom. The predicted octanol–water partition coefficient (Wildman–Crippen LogP) is 3.15. The number of rotatable bonds is 8. The largest absolute Gasteiger partial charge is 0.415 e. The van der Waals surface area contributed by atoms with Crippen LogP contribution in [0.15, 0.2) is 47.0 Å². The van der Waals surface area contributed by atoms with Crippen LogP contribution < -0.4 is 9.62 Å². The van der Waals surface area contributed by atoms with Crippen LogP contribution in [0.2, 0.25) is 0 Å². The number of alkyl halides is 2. The topological polar surface area (TPSA) is 104 Å². The Balaban J connectivity index is 1.37. The zero-order chi connectivity index (χ0) is 25.3. The molecule has 4 heterocycles. The molecule has 0 aliphatic carbocycles. The van der Waals surface area contributed by atoms with Gasteiger partial charge >= 0.3 is 6.43 Å². The Morgan fingerprint density at radius 2 is 1.94 bits per heavy atom. The van der Waals surface area contributed by atoms with Crippen LogP contribution in [-0.4, -0.2) is 66.0 Å². The van der Waals surface area contributed by atoms with Crippen molar-refractivity contribution in [1.29, 1.82) is 0 Å². The molecule has 36 heavy (non-hydrogen) atoms. The van der Waals surface area contributed by atoms with Gasteiger partial charge in [0.05, 0.1) is 28.7 Å². The number of anilines is 1. The van der Waals surface area contributed by atoms with Crippen molar-refractivity contribution >= 4 is 15.7 Å². The molecular weight excluding hydrogens is 490 g/mol. The smallest absolute Gasteiger partial charge is 0.314 e. The number of nitrogens with one attached hydrogen (secondary N) is 1. The van der Waals surface area contributed by atoms with Gasteiger partial charge in [-0.2, -0.15) is 8.78 Å². The summed E-state index contributed by atoms with van der Waals surface area (Å²) in [6.45, 7) is 5.41. The van der Waals surface area contributed by atoms with Crippen molar-refractivity contribution in [1.82, 2.24) is 25.4 Å². The van der Waals surface area contributed by atoms with Gasteiger partial charge in [0.2, 0.25) is 15.9 Å². The van der Waals surface area contributed by atoms with Crippen molar-refractivity contribution in [2.24, 2.45) is 0 Å². The van der Waals surface area contributed by atoms with Gasteiger partial charge in [-0.3, -0.25) is 14.2 Å². The summed E-state index contributed by atoms with van der Waals surface area (Å²) in [5.41, 5.74) is 2.43. The Kier molecular flexibility index (Phi) is 7.00. The fraction of sp³-hybridized carbons (Fsp3) is 0.458. The monoisotopic (exact) mass is 518 g/mol. The molecule has 2 aromatic heterocycles. The van der Waals surface area contributed by atoms with E-state index in [1.165, 1.54) is 10.5 Å². The van der Waals surface area contributed by atoms with Crippen LogP contribution in [0.25, 0.3) is 11.5 Å². The van der Waals surface area contributed by atoms with Gasteiger partial charge in [0, 0.05) is 25.3 Å². The van der Waals surface area contributed by atoms with Gasteiger partial charge in [0.25, 0.3) is 5.89 Å². The third-order valence-corrected chi connectivity index (χ3v) is 9.04. The fourth-order valence-corrected chi connectivity index (χ4v) is 6.48. The number of hydrogen-bond donors (Lipinski definition) is 1. The Morgan fingerprint density at radius 3 is 2.53 bits per heavy atom. The predicted molar refractivity (Wildman–Crippen MR) is 130 cm³/mol. The quantitative estimate of drug-likeness (QED) is 0.485. The summed E-state index contributed by atoms with van der Waals surface area (Å²) in [7, 11) is -3.67. The molecule has 0 amide bonds. The number of halogens is 2. The van der Waals surface area contributed by atoms with E-state index in [1.807, 2.05) is 25.1 Å². The number of likely N-dealkylation sites (tertiary alicyclic amines) is 1. The van der Waals surface area contributed by atoms with E-state index in [1.54, 1.807) is 18.2 Å². The summed E-state index contributed by atoms with van der Waals surface area (Å²) in [5.74, 6) is -0.827. The van der Waals surface area contributed by atoms with Gasteiger partial charge in [-0.05, 0) is 62.7 Å². The van der Waals surface area contributed by atoms with Crippen LogP contribution in [0.3, 0.4) is 0 Å². The van der Waals surface area contributed by atoms with E-state index in [0.29, 0.717) is 35.8 Å². The molecule has 0 atom stereocenters. The minimum atomic E-state index is -3.67. The summed E-state index contributed by atoms with van der Waals surface area (Å²) in [6, 6.07) is 11.2. The Labute approximate surface area is 208 Å². The molecule has 5 rings (SSSR count). The maximum absolute atomic E-state index is 13.9. The van der Waals surface area contributed by atoms with Gasteiger partial charge in [-0.25, -0.2) is 8.42 Å². The van der Waals surface area contributed by atoms with Gasteiger partial charge in [-0.15, -0.1) is 10.2 Å². The molecule has 0 unspecified atom stereocenters. The zero-order valence-electron chi connectivity index (χ0n) is 19.8. The first-order valence-corrected chi connectivity index (χ1v) is 13.4. The van der Waals surface area contributed by atoms with E-state index in [9.17, 15) is 17.2 Å². The highest BCUT2D eigenvalue weighted by Crippen LogP contribution is 2.30. The lowest BCUT2D eigenvalue weighted by Crippen LogP contribution is -2.59. The number of benzene rings is 1. The van der Waals surface area contributed by atoms with E-state index < -0.39 is 27.6 Å². The van der Waals surface area contributed by atoms with Crippen LogP contribution in [0.4, 0.5) is 14.5 Å². The minimum absolute atomic E-state index is 0.0466. The minimum Gasteiger partial charge on any atom is -0.415 e. The standard InChI is InChI=1S/C24H28F2N6O3S/c1-16-3-2-4-19(11-16)32(36(33,34)21-7-9-31(10-8-21)20-13-27-14-20)15-18-6-5-17(12-28-18)23-29-30-24(35-23)22(25)26/h2-6,11-12,20-22,27H,7-10,13-15H2,1H3. The first-order chi connectivity index (χ1) is 17.3. The van der Waals surface area contributed by atoms with E-state index in [0.717, 1.165) is 31.7 Å². The average molecular weight is 519 g/mol. The van der Waals surface area contributed by atoms with E-state index in [4.69, 9.17) is 4.42 Å². The molecule has 0 radical (unpaired) electrons. The average Bonchev–Trinajstić information content (AvgIpc) is 3.33. The van der Waals surface area contributed by atoms with Crippen molar-refractivity contribution in [3.63, 3.8) is 0 Å². The van der Waals surface area contributed by atoms with Crippen LogP contribution in [-0.2, 0) is 16.6 Å². The first kappa shape index (κ1) is 24.7. The molecule has 3 aromatic rings. The van der Waals surface area contributed by atoms with Crippen molar-refractivity contribution in [3.05, 3.63) is 59.7 Å². The Hall–Kier alpha value is -2.96. The molecule has 2 aliphatic heterocycles. The number of aryl methyl sites for hydroxylation is 1. The molecule has 0 spiro atoms. The van der Waals surface area contributed by atoms with E-state index in [-0.39, 0.29) is 12.4 Å². The molecule has 2 aliphatic rings. The molecule has 0 bridgehead atoms. The van der Waals surface area contributed by atoms with Crippen LogP contribution in [0, 0.1) is 6.92 Å². The second-order valence-electron chi connectivity index (χ2n) is 9.22. The second kappa shape index (κ2) is 10.2. The normalized spacial score (nSPS) is 17.9. The van der Waals surface area contributed by atoms with Crippen LogP contribution >= 0.6 is 0 Å². The number of aromatic nitrogens is 3. The van der Waals surface area contributed by atoms with Crippen molar-refractivity contribution < 1.29 is 21.6 Å². The Bertz CT molecular complexity index is 1290. The van der Waals surface area contributed by atoms with Crippen molar-refractivity contribution in [2.45, 2.75) is 44.0 Å². The van der Waals surface area contributed by atoms with Crippen molar-refractivity contribution in [3.8, 4) is 11.5 Å². The summed E-state index contributed by atoms with van der Waals surface area (Å²) < 4.78 is 59.7. The van der Waals surface area contributed by atoms with Gasteiger partial charge in [-0.1, -0.05) is 12.1 Å². The second-order valence-corrected chi connectivity index (χ2v) is 11.4. The summed E-state index contributed by atoms with van der Waals surface area (Å²) >= 11 is 0. The molecule has 9 nitrogen and oxygen atoms in total. The van der Waals surface area contributed by atoms with Crippen LogP contribution in [0.1, 0.15) is 36.4 Å². The number of piperidine rings is 1. The third-order valence-electron chi connectivity index (χ3n) is 6.78. The number of pyridine rings is 1. The molecular formula is C24H28F2N6O3S. The summed E-state index contributed by atoms with van der Waals surface area (Å²) in [4.78, 5) is 6.74. The van der Waals surface area contributed by atoms with E-state index >= 15 is 0 Å². The SMILES string of the molecule is Cc1cccc(N(Cc2ccc(-c3nnc(C(F)F)o3)cn2)S(=O)(=O)C2CCN(C3CNC3)CC2)c1. The van der Waals surface area contributed by atoms with E-state index in [2.05, 4.69) is 25.4 Å². The third kappa shape index (κ3) is 5.11. The number of nitrogens with zero attached hydrogens (tertiary/aromatic N) is 5. The zero-order valence-corrected chi connectivity index (χ0v) is 20.7. The van der Waals surface area contributed by atoms with Gasteiger partial charge in [0.15, 0.2) is 0 Å². The molecule has 2 saturated heterocycles. The van der Waals surface area contributed by atoms with Gasteiger partial charge < -0.3 is 9.73 Å². The lowest BCUT2D eigenvalue weighted by atomic mass is 10.0. The van der Waals surface area contributed by atoms with Crippen molar-refractivity contribution in [2.75, 3.05) is 30.5 Å². The number of hydrogen-bond acceptors (Lipinski definition) is 8. The molecule has 2 fully saturated rings. The summed E-state index contributed by atoms with van der Waals surface area (Å²) in [5, 5.41) is 9.76. The highest BCUT2D eigenvalue weighted by molar-refractivity contribution is 7.93. The summed E-state index contributed by atoms with van der Waals surface area (Å²) in [6.07, 6.45) is -0.276. The molecule has 1 N–H and O–H groups in total. The first-order valence-electron chi connectivity index (χ1n) is 11.9. The fourth-order valence-electron chi connectivity index (χ4n) is 4.59. The highest BCUT2D eigenvalue weighted by atomic mass is 32.2. The van der Waals surface area contributed by atoms with Crippen LogP contribution in [0.5, 0.6) is 0 Å².